The predicted molar refractivity (Wildman–Crippen MR) is 118 cm³/mol. The minimum atomic E-state index is -0.126. The van der Waals surface area contributed by atoms with Gasteiger partial charge in [0, 0.05) is 44.5 Å². The van der Waals surface area contributed by atoms with Crippen LogP contribution in [0.25, 0.3) is 0 Å². The number of benzene rings is 2. The highest BCUT2D eigenvalue weighted by atomic mass is 16.5. The number of nitrogens with one attached hydrogen (secondary N) is 1. The summed E-state index contributed by atoms with van der Waals surface area (Å²) in [5.74, 6) is 1.93. The average Bonchev–Trinajstić information content (AvgIpc) is 2.81. The van der Waals surface area contributed by atoms with Gasteiger partial charge in [-0.15, -0.1) is 0 Å². The SMILES string of the molecule is COc1ccc(N2CCN(CCCNC(=O)c3ccc(OC)cc3OC)CC2)cc1. The van der Waals surface area contributed by atoms with Crippen LogP contribution in [0.4, 0.5) is 5.69 Å². The molecular formula is C23H31N3O4. The number of methoxy groups -OCH3 is 3. The smallest absolute Gasteiger partial charge is 0.255 e. The summed E-state index contributed by atoms with van der Waals surface area (Å²) < 4.78 is 15.7. The van der Waals surface area contributed by atoms with Crippen molar-refractivity contribution in [2.75, 3.05) is 65.5 Å². The van der Waals surface area contributed by atoms with Gasteiger partial charge in [-0.3, -0.25) is 9.69 Å². The van der Waals surface area contributed by atoms with Crippen molar-refractivity contribution in [1.29, 1.82) is 0 Å². The van der Waals surface area contributed by atoms with Crippen LogP contribution >= 0.6 is 0 Å². The van der Waals surface area contributed by atoms with E-state index in [9.17, 15) is 4.79 Å². The number of nitrogens with zero attached hydrogens (tertiary/aromatic N) is 2. The van der Waals surface area contributed by atoms with E-state index in [0.717, 1.165) is 44.9 Å². The molecule has 0 saturated carbocycles. The van der Waals surface area contributed by atoms with Crippen molar-refractivity contribution in [1.82, 2.24) is 10.2 Å². The summed E-state index contributed by atoms with van der Waals surface area (Å²) >= 11 is 0. The predicted octanol–water partition coefficient (Wildman–Crippen LogP) is 2.65. The Labute approximate surface area is 178 Å². The second kappa shape index (κ2) is 10.7. The molecule has 1 aliphatic heterocycles. The van der Waals surface area contributed by atoms with E-state index < -0.39 is 0 Å². The largest absolute Gasteiger partial charge is 0.497 e. The van der Waals surface area contributed by atoms with Gasteiger partial charge in [0.15, 0.2) is 0 Å². The first-order valence-electron chi connectivity index (χ1n) is 10.3. The number of amides is 1. The fourth-order valence-electron chi connectivity index (χ4n) is 3.61. The van der Waals surface area contributed by atoms with Gasteiger partial charge in [-0.2, -0.15) is 0 Å². The Morgan fingerprint density at radius 2 is 1.57 bits per heavy atom. The number of rotatable bonds is 9. The molecule has 7 nitrogen and oxygen atoms in total. The Morgan fingerprint density at radius 1 is 0.900 bits per heavy atom. The van der Waals surface area contributed by atoms with E-state index in [0.29, 0.717) is 23.6 Å². The van der Waals surface area contributed by atoms with Gasteiger partial charge in [0.1, 0.15) is 17.2 Å². The lowest BCUT2D eigenvalue weighted by Gasteiger charge is -2.36. The van der Waals surface area contributed by atoms with E-state index in [1.54, 1.807) is 39.5 Å². The van der Waals surface area contributed by atoms with Crippen LogP contribution in [0.1, 0.15) is 16.8 Å². The lowest BCUT2D eigenvalue weighted by Crippen LogP contribution is -2.47. The lowest BCUT2D eigenvalue weighted by molar-refractivity contribution is 0.0948. The molecule has 2 aromatic carbocycles. The van der Waals surface area contributed by atoms with Crippen molar-refractivity contribution in [3.05, 3.63) is 48.0 Å². The minimum absolute atomic E-state index is 0.126. The summed E-state index contributed by atoms with van der Waals surface area (Å²) in [6.07, 6.45) is 0.909. The highest BCUT2D eigenvalue weighted by Crippen LogP contribution is 2.24. The molecular weight excluding hydrogens is 382 g/mol. The molecule has 1 N–H and O–H groups in total. The van der Waals surface area contributed by atoms with Crippen LogP contribution in [-0.4, -0.2) is 71.4 Å². The molecule has 0 aliphatic carbocycles. The van der Waals surface area contributed by atoms with Gasteiger partial charge < -0.3 is 24.4 Å². The Hall–Kier alpha value is -2.93. The molecule has 2 aromatic rings. The maximum atomic E-state index is 12.5. The van der Waals surface area contributed by atoms with Crippen LogP contribution in [-0.2, 0) is 0 Å². The normalized spacial score (nSPS) is 14.3. The molecule has 3 rings (SSSR count). The van der Waals surface area contributed by atoms with E-state index in [1.165, 1.54) is 5.69 Å². The summed E-state index contributed by atoms with van der Waals surface area (Å²) in [7, 11) is 4.83. The standard InChI is InChI=1S/C23H31N3O4/c1-28-19-7-5-18(6-8-19)26-15-13-25(14-16-26)12-4-11-24-23(27)21-10-9-20(29-2)17-22(21)30-3/h5-10,17H,4,11-16H2,1-3H3,(H,24,27). The molecule has 1 amide bonds. The number of hydrogen-bond acceptors (Lipinski definition) is 6. The molecule has 7 heteroatoms. The first-order chi connectivity index (χ1) is 14.6. The van der Waals surface area contributed by atoms with Gasteiger partial charge in [0.25, 0.3) is 5.91 Å². The van der Waals surface area contributed by atoms with Crippen molar-refractivity contribution < 1.29 is 19.0 Å². The van der Waals surface area contributed by atoms with Crippen LogP contribution < -0.4 is 24.4 Å². The topological polar surface area (TPSA) is 63.3 Å². The second-order valence-corrected chi connectivity index (χ2v) is 7.20. The molecule has 0 atom stereocenters. The molecule has 30 heavy (non-hydrogen) atoms. The molecule has 0 spiro atoms. The summed E-state index contributed by atoms with van der Waals surface area (Å²) in [5, 5.41) is 2.99. The molecule has 162 valence electrons. The summed E-state index contributed by atoms with van der Waals surface area (Å²) in [5.41, 5.74) is 1.75. The maximum Gasteiger partial charge on any atom is 0.255 e. The van der Waals surface area contributed by atoms with E-state index in [-0.39, 0.29) is 5.91 Å². The van der Waals surface area contributed by atoms with E-state index >= 15 is 0 Å². The summed E-state index contributed by atoms with van der Waals surface area (Å²) in [4.78, 5) is 17.3. The van der Waals surface area contributed by atoms with E-state index in [2.05, 4.69) is 27.2 Å². The molecule has 0 aromatic heterocycles. The summed E-state index contributed by atoms with van der Waals surface area (Å²) in [6, 6.07) is 13.4. The van der Waals surface area contributed by atoms with Crippen molar-refractivity contribution in [3.63, 3.8) is 0 Å². The number of hydrogen-bond donors (Lipinski definition) is 1. The molecule has 0 radical (unpaired) electrons. The van der Waals surface area contributed by atoms with Gasteiger partial charge in [-0.25, -0.2) is 0 Å². The second-order valence-electron chi connectivity index (χ2n) is 7.20. The monoisotopic (exact) mass is 413 g/mol. The Morgan fingerprint density at radius 3 is 2.20 bits per heavy atom. The zero-order valence-corrected chi connectivity index (χ0v) is 18.0. The van der Waals surface area contributed by atoms with Crippen molar-refractivity contribution in [3.8, 4) is 17.2 Å². The van der Waals surface area contributed by atoms with Gasteiger partial charge in [0.2, 0.25) is 0 Å². The number of carbonyl (C=O) groups excluding carboxylic acids is 1. The third-order valence-corrected chi connectivity index (χ3v) is 5.40. The third-order valence-electron chi connectivity index (χ3n) is 5.40. The highest BCUT2D eigenvalue weighted by molar-refractivity contribution is 5.97. The van der Waals surface area contributed by atoms with Crippen LogP contribution in [0, 0.1) is 0 Å². The van der Waals surface area contributed by atoms with Crippen molar-refractivity contribution in [2.45, 2.75) is 6.42 Å². The van der Waals surface area contributed by atoms with Crippen LogP contribution in [0.15, 0.2) is 42.5 Å². The molecule has 0 bridgehead atoms. The van der Waals surface area contributed by atoms with Crippen LogP contribution in [0.2, 0.25) is 0 Å². The average molecular weight is 414 g/mol. The van der Waals surface area contributed by atoms with Gasteiger partial charge in [0.05, 0.1) is 26.9 Å². The summed E-state index contributed by atoms with van der Waals surface area (Å²) in [6.45, 7) is 5.64. The first-order valence-corrected chi connectivity index (χ1v) is 10.3. The number of anilines is 1. The van der Waals surface area contributed by atoms with Crippen molar-refractivity contribution in [2.24, 2.45) is 0 Å². The number of ether oxygens (including phenoxy) is 3. The quantitative estimate of drug-likeness (QED) is 0.638. The van der Waals surface area contributed by atoms with Gasteiger partial charge >= 0.3 is 0 Å². The fraction of sp³-hybridized carbons (Fsp3) is 0.435. The number of carbonyl (C=O) groups is 1. The lowest BCUT2D eigenvalue weighted by atomic mass is 10.1. The zero-order valence-electron chi connectivity index (χ0n) is 18.0. The maximum absolute atomic E-state index is 12.5. The molecule has 1 aliphatic rings. The van der Waals surface area contributed by atoms with Crippen molar-refractivity contribution >= 4 is 11.6 Å². The third kappa shape index (κ3) is 5.57. The Balaban J connectivity index is 1.38. The first kappa shape index (κ1) is 21.8. The molecule has 1 heterocycles. The Bertz CT molecular complexity index is 818. The van der Waals surface area contributed by atoms with E-state index in [1.807, 2.05) is 12.1 Å². The fourth-order valence-corrected chi connectivity index (χ4v) is 3.61. The minimum Gasteiger partial charge on any atom is -0.497 e. The Kier molecular flexibility index (Phi) is 7.79. The van der Waals surface area contributed by atoms with E-state index in [4.69, 9.17) is 14.2 Å². The highest BCUT2D eigenvalue weighted by Gasteiger charge is 2.17. The van der Waals surface area contributed by atoms with Gasteiger partial charge in [-0.1, -0.05) is 0 Å². The molecule has 1 saturated heterocycles. The number of piperazine rings is 1. The molecule has 1 fully saturated rings. The van der Waals surface area contributed by atoms with Crippen LogP contribution in [0.3, 0.4) is 0 Å². The molecule has 0 unspecified atom stereocenters. The van der Waals surface area contributed by atoms with Gasteiger partial charge in [-0.05, 0) is 49.4 Å². The zero-order chi connectivity index (χ0) is 21.3. The van der Waals surface area contributed by atoms with Crippen LogP contribution in [0.5, 0.6) is 17.2 Å².